The van der Waals surface area contributed by atoms with Gasteiger partial charge in [-0.25, -0.2) is 9.59 Å². The zero-order valence-corrected chi connectivity index (χ0v) is 15.8. The van der Waals surface area contributed by atoms with E-state index < -0.39 is 16.9 Å². The number of rotatable bonds is 10. The van der Waals surface area contributed by atoms with Crippen molar-refractivity contribution in [2.24, 2.45) is 0 Å². The molecule has 0 saturated carbocycles. The first-order chi connectivity index (χ1) is 13.5. The zero-order valence-electron chi connectivity index (χ0n) is 15.8. The molecule has 0 fully saturated rings. The molecule has 7 nitrogen and oxygen atoms in total. The van der Waals surface area contributed by atoms with Gasteiger partial charge in [0.05, 0.1) is 22.7 Å². The number of nitrogens with zero attached hydrogens (tertiary/aromatic N) is 1. The standard InChI is InChI=1S/C21H23NO6/c1-2-3-4-5-6-15-27-20(23)16-9-13-19(14-10-16)28-21(24)17-7-11-18(12-8-17)22(25)26/h7-14H,2-6,15H2,1H3. The van der Waals surface area contributed by atoms with Gasteiger partial charge < -0.3 is 9.47 Å². The number of unbranched alkanes of at least 4 members (excludes halogenated alkanes) is 4. The molecule has 0 heterocycles. The average Bonchev–Trinajstić information content (AvgIpc) is 2.71. The van der Waals surface area contributed by atoms with Gasteiger partial charge in [-0.05, 0) is 42.8 Å². The summed E-state index contributed by atoms with van der Waals surface area (Å²) in [5, 5.41) is 10.6. The molecule has 0 aliphatic heterocycles. The zero-order chi connectivity index (χ0) is 20.4. The molecule has 0 amide bonds. The van der Waals surface area contributed by atoms with Crippen LogP contribution in [0.15, 0.2) is 48.5 Å². The predicted octanol–water partition coefficient (Wildman–Crippen LogP) is 4.94. The van der Waals surface area contributed by atoms with Crippen LogP contribution in [0, 0.1) is 10.1 Å². The van der Waals surface area contributed by atoms with Crippen LogP contribution in [0.3, 0.4) is 0 Å². The van der Waals surface area contributed by atoms with E-state index in [1.807, 2.05) is 0 Å². The minimum atomic E-state index is -0.641. The normalized spacial score (nSPS) is 10.3. The highest BCUT2D eigenvalue weighted by Gasteiger charge is 2.12. The number of benzene rings is 2. The van der Waals surface area contributed by atoms with Gasteiger partial charge in [-0.3, -0.25) is 10.1 Å². The predicted molar refractivity (Wildman–Crippen MR) is 104 cm³/mol. The third-order valence-corrected chi connectivity index (χ3v) is 4.10. The number of carbonyl (C=O) groups is 2. The Hall–Kier alpha value is -3.22. The average molecular weight is 385 g/mol. The summed E-state index contributed by atoms with van der Waals surface area (Å²) < 4.78 is 10.4. The van der Waals surface area contributed by atoms with E-state index in [-0.39, 0.29) is 17.0 Å². The van der Waals surface area contributed by atoms with Gasteiger partial charge in [0.15, 0.2) is 0 Å². The number of nitro benzene ring substituents is 1. The second-order valence-corrected chi connectivity index (χ2v) is 6.27. The lowest BCUT2D eigenvalue weighted by atomic mass is 10.2. The Kier molecular flexibility index (Phi) is 8.14. The first-order valence-electron chi connectivity index (χ1n) is 9.25. The molecule has 2 aromatic rings. The van der Waals surface area contributed by atoms with Crippen molar-refractivity contribution in [2.75, 3.05) is 6.61 Å². The molecule has 2 rings (SSSR count). The maximum atomic E-state index is 12.1. The molecule has 0 aliphatic carbocycles. The Bertz CT molecular complexity index is 799. The van der Waals surface area contributed by atoms with Gasteiger partial charge in [0.25, 0.3) is 5.69 Å². The first-order valence-corrected chi connectivity index (χ1v) is 9.25. The van der Waals surface area contributed by atoms with Crippen LogP contribution in [0.2, 0.25) is 0 Å². The van der Waals surface area contributed by atoms with Crippen molar-refractivity contribution in [3.05, 3.63) is 69.8 Å². The van der Waals surface area contributed by atoms with Gasteiger partial charge in [0.1, 0.15) is 5.75 Å². The second-order valence-electron chi connectivity index (χ2n) is 6.27. The van der Waals surface area contributed by atoms with Gasteiger partial charge in [0.2, 0.25) is 0 Å². The number of ether oxygens (including phenoxy) is 2. The van der Waals surface area contributed by atoms with Crippen molar-refractivity contribution >= 4 is 17.6 Å². The summed E-state index contributed by atoms with van der Waals surface area (Å²) in [6.07, 6.45) is 5.38. The highest BCUT2D eigenvalue weighted by molar-refractivity contribution is 5.92. The maximum absolute atomic E-state index is 12.1. The van der Waals surface area contributed by atoms with Crippen LogP contribution in [0.5, 0.6) is 5.75 Å². The van der Waals surface area contributed by atoms with E-state index in [1.165, 1.54) is 61.4 Å². The molecule has 0 saturated heterocycles. The van der Waals surface area contributed by atoms with E-state index in [9.17, 15) is 19.7 Å². The molecule has 0 spiro atoms. The van der Waals surface area contributed by atoms with E-state index in [1.54, 1.807) is 0 Å². The smallest absolute Gasteiger partial charge is 0.343 e. The van der Waals surface area contributed by atoms with Crippen molar-refractivity contribution in [3.8, 4) is 5.75 Å². The van der Waals surface area contributed by atoms with Crippen LogP contribution in [-0.4, -0.2) is 23.5 Å². The lowest BCUT2D eigenvalue weighted by Gasteiger charge is -2.07. The molecular weight excluding hydrogens is 362 g/mol. The van der Waals surface area contributed by atoms with Crippen LogP contribution >= 0.6 is 0 Å². The summed E-state index contributed by atoms with van der Waals surface area (Å²) >= 11 is 0. The number of hydrogen-bond donors (Lipinski definition) is 0. The maximum Gasteiger partial charge on any atom is 0.343 e. The minimum absolute atomic E-state index is 0.107. The largest absolute Gasteiger partial charge is 0.462 e. The van der Waals surface area contributed by atoms with Crippen molar-refractivity contribution in [3.63, 3.8) is 0 Å². The fourth-order valence-electron chi connectivity index (χ4n) is 2.50. The number of carbonyl (C=O) groups excluding carboxylic acids is 2. The fraction of sp³-hybridized carbons (Fsp3) is 0.333. The fourth-order valence-corrected chi connectivity index (χ4v) is 2.50. The van der Waals surface area contributed by atoms with E-state index in [2.05, 4.69) is 6.92 Å². The van der Waals surface area contributed by atoms with Crippen LogP contribution in [0.25, 0.3) is 0 Å². The third kappa shape index (κ3) is 6.50. The van der Waals surface area contributed by atoms with Crippen LogP contribution < -0.4 is 4.74 Å². The van der Waals surface area contributed by atoms with Crippen LogP contribution in [-0.2, 0) is 4.74 Å². The second kappa shape index (κ2) is 10.8. The molecule has 0 unspecified atom stereocenters. The molecule has 0 N–H and O–H groups in total. The summed E-state index contributed by atoms with van der Waals surface area (Å²) in [4.78, 5) is 34.2. The molecule has 28 heavy (non-hydrogen) atoms. The molecule has 0 aromatic heterocycles. The van der Waals surface area contributed by atoms with Crippen molar-refractivity contribution < 1.29 is 24.0 Å². The summed E-state index contributed by atoms with van der Waals surface area (Å²) in [6.45, 7) is 2.53. The summed E-state index contributed by atoms with van der Waals surface area (Å²) in [6, 6.07) is 11.2. The summed E-state index contributed by atoms with van der Waals surface area (Å²) in [5.41, 5.74) is 0.464. The van der Waals surface area contributed by atoms with Crippen LogP contribution in [0.1, 0.15) is 59.7 Å². The van der Waals surface area contributed by atoms with Gasteiger partial charge in [-0.15, -0.1) is 0 Å². The van der Waals surface area contributed by atoms with E-state index >= 15 is 0 Å². The Balaban J connectivity index is 1.83. The topological polar surface area (TPSA) is 95.7 Å². The van der Waals surface area contributed by atoms with Crippen LogP contribution in [0.4, 0.5) is 5.69 Å². The van der Waals surface area contributed by atoms with E-state index in [0.717, 1.165) is 19.3 Å². The molecule has 2 aromatic carbocycles. The Morgan fingerprint density at radius 1 is 0.857 bits per heavy atom. The third-order valence-electron chi connectivity index (χ3n) is 4.10. The quantitative estimate of drug-likeness (QED) is 0.189. The summed E-state index contributed by atoms with van der Waals surface area (Å²) in [5.74, 6) is -0.791. The number of nitro groups is 1. The van der Waals surface area contributed by atoms with Crippen molar-refractivity contribution in [1.29, 1.82) is 0 Å². The van der Waals surface area contributed by atoms with Gasteiger partial charge >= 0.3 is 11.9 Å². The molecule has 0 radical (unpaired) electrons. The number of hydrogen-bond acceptors (Lipinski definition) is 6. The van der Waals surface area contributed by atoms with Gasteiger partial charge in [-0.1, -0.05) is 32.6 Å². The molecule has 0 atom stereocenters. The molecule has 148 valence electrons. The Morgan fingerprint density at radius 3 is 2.04 bits per heavy atom. The van der Waals surface area contributed by atoms with Crippen molar-refractivity contribution in [2.45, 2.75) is 39.0 Å². The number of non-ortho nitro benzene ring substituents is 1. The highest BCUT2D eigenvalue weighted by atomic mass is 16.6. The van der Waals surface area contributed by atoms with E-state index in [4.69, 9.17) is 9.47 Å². The minimum Gasteiger partial charge on any atom is -0.462 e. The molecule has 0 bridgehead atoms. The Labute approximate surface area is 163 Å². The molecular formula is C21H23NO6. The number of esters is 2. The highest BCUT2D eigenvalue weighted by Crippen LogP contribution is 2.17. The Morgan fingerprint density at radius 2 is 1.43 bits per heavy atom. The molecule has 0 aliphatic rings. The molecule has 7 heteroatoms. The van der Waals surface area contributed by atoms with Gasteiger partial charge in [0, 0.05) is 12.1 Å². The lowest BCUT2D eigenvalue weighted by Crippen LogP contribution is -2.09. The van der Waals surface area contributed by atoms with Crippen molar-refractivity contribution in [1.82, 2.24) is 0 Å². The van der Waals surface area contributed by atoms with E-state index in [0.29, 0.717) is 12.2 Å². The monoisotopic (exact) mass is 385 g/mol. The lowest BCUT2D eigenvalue weighted by molar-refractivity contribution is -0.384. The summed E-state index contributed by atoms with van der Waals surface area (Å²) in [7, 11) is 0. The SMILES string of the molecule is CCCCCCCOC(=O)c1ccc(OC(=O)c2ccc([N+](=O)[O-])cc2)cc1. The van der Waals surface area contributed by atoms with Gasteiger partial charge in [-0.2, -0.15) is 0 Å². The first kappa shape index (κ1) is 21.1.